The van der Waals surface area contributed by atoms with Crippen molar-refractivity contribution in [3.8, 4) is 0 Å². The van der Waals surface area contributed by atoms with Gasteiger partial charge in [0.1, 0.15) is 4.99 Å². The number of hydrogen-bond acceptors (Lipinski definition) is 3. The molecule has 21 heavy (non-hydrogen) atoms. The zero-order valence-corrected chi connectivity index (χ0v) is 14.3. The van der Waals surface area contributed by atoms with Gasteiger partial charge in [0.15, 0.2) is 0 Å². The SMILES string of the molecule is Cc1cc(S(=O)(=O)NC2CCCC2(C)C)ccc1C(N)=S. The van der Waals surface area contributed by atoms with Crippen LogP contribution < -0.4 is 10.5 Å². The summed E-state index contributed by atoms with van der Waals surface area (Å²) in [5.41, 5.74) is 7.10. The third-order valence-electron chi connectivity index (χ3n) is 4.33. The minimum absolute atomic E-state index is 0.000873. The maximum absolute atomic E-state index is 12.5. The fourth-order valence-electron chi connectivity index (χ4n) is 2.88. The van der Waals surface area contributed by atoms with Crippen LogP contribution in [0, 0.1) is 12.3 Å². The second kappa shape index (κ2) is 5.66. The highest BCUT2D eigenvalue weighted by Crippen LogP contribution is 2.37. The predicted molar refractivity (Wildman–Crippen MR) is 88.8 cm³/mol. The Morgan fingerprint density at radius 2 is 2.10 bits per heavy atom. The van der Waals surface area contributed by atoms with Crippen LogP contribution in [0.25, 0.3) is 0 Å². The summed E-state index contributed by atoms with van der Waals surface area (Å²) < 4.78 is 27.9. The first-order valence-corrected chi connectivity index (χ1v) is 8.95. The van der Waals surface area contributed by atoms with Crippen LogP contribution in [0.3, 0.4) is 0 Å². The fourth-order valence-corrected chi connectivity index (χ4v) is 4.64. The van der Waals surface area contributed by atoms with E-state index in [1.807, 2.05) is 6.92 Å². The van der Waals surface area contributed by atoms with Gasteiger partial charge in [0.2, 0.25) is 10.0 Å². The van der Waals surface area contributed by atoms with E-state index in [4.69, 9.17) is 18.0 Å². The predicted octanol–water partition coefficient (Wildman–Crippen LogP) is 2.49. The Morgan fingerprint density at radius 3 is 2.57 bits per heavy atom. The van der Waals surface area contributed by atoms with Crippen LogP contribution in [0.15, 0.2) is 23.1 Å². The largest absolute Gasteiger partial charge is 0.389 e. The third kappa shape index (κ3) is 3.44. The summed E-state index contributed by atoms with van der Waals surface area (Å²) in [6, 6.07) is 4.84. The molecule has 1 aliphatic rings. The zero-order valence-electron chi connectivity index (χ0n) is 12.6. The van der Waals surface area contributed by atoms with Crippen molar-refractivity contribution < 1.29 is 8.42 Å². The molecule has 1 aromatic carbocycles. The molecule has 0 saturated heterocycles. The first-order chi connectivity index (χ1) is 9.63. The molecule has 0 aliphatic heterocycles. The summed E-state index contributed by atoms with van der Waals surface area (Å²) in [6.07, 6.45) is 2.98. The number of nitrogens with two attached hydrogens (primary N) is 1. The van der Waals surface area contributed by atoms with E-state index < -0.39 is 10.0 Å². The molecule has 0 heterocycles. The topological polar surface area (TPSA) is 72.2 Å². The number of hydrogen-bond donors (Lipinski definition) is 2. The van der Waals surface area contributed by atoms with Gasteiger partial charge in [-0.1, -0.05) is 38.6 Å². The molecule has 2 rings (SSSR count). The smallest absolute Gasteiger partial charge is 0.240 e. The van der Waals surface area contributed by atoms with Crippen LogP contribution in [0.2, 0.25) is 0 Å². The van der Waals surface area contributed by atoms with Crippen molar-refractivity contribution in [2.45, 2.75) is 51.0 Å². The molecule has 1 saturated carbocycles. The lowest BCUT2D eigenvalue weighted by molar-refractivity contribution is 0.313. The standard InChI is InChI=1S/C15H22N2O2S2/c1-10-9-11(6-7-12(10)14(16)20)21(18,19)17-13-5-4-8-15(13,2)3/h6-7,9,13,17H,4-5,8H2,1-3H3,(H2,16,20). The molecule has 0 spiro atoms. The zero-order chi connectivity index (χ0) is 15.8. The first-order valence-electron chi connectivity index (χ1n) is 7.06. The van der Waals surface area contributed by atoms with Gasteiger partial charge in [-0.2, -0.15) is 0 Å². The van der Waals surface area contributed by atoms with E-state index in [-0.39, 0.29) is 21.3 Å². The Hall–Kier alpha value is -0.980. The van der Waals surface area contributed by atoms with Crippen LogP contribution >= 0.6 is 12.2 Å². The molecule has 1 aromatic rings. The quantitative estimate of drug-likeness (QED) is 0.834. The number of sulfonamides is 1. The Bertz CT molecular complexity index is 666. The summed E-state index contributed by atoms with van der Waals surface area (Å²) in [7, 11) is -3.51. The van der Waals surface area contributed by atoms with Crippen molar-refractivity contribution in [1.29, 1.82) is 0 Å². The highest BCUT2D eigenvalue weighted by Gasteiger charge is 2.37. The Morgan fingerprint density at radius 1 is 1.43 bits per heavy atom. The lowest BCUT2D eigenvalue weighted by Crippen LogP contribution is -2.41. The maximum atomic E-state index is 12.5. The van der Waals surface area contributed by atoms with E-state index in [9.17, 15) is 8.42 Å². The van der Waals surface area contributed by atoms with E-state index in [1.165, 1.54) is 0 Å². The van der Waals surface area contributed by atoms with E-state index >= 15 is 0 Å². The van der Waals surface area contributed by atoms with Gasteiger partial charge in [0.05, 0.1) is 4.90 Å². The third-order valence-corrected chi connectivity index (χ3v) is 6.02. The highest BCUT2D eigenvalue weighted by molar-refractivity contribution is 7.89. The van der Waals surface area contributed by atoms with Gasteiger partial charge in [0.25, 0.3) is 0 Å². The molecule has 1 unspecified atom stereocenters. The molecule has 0 radical (unpaired) electrons. The molecule has 4 nitrogen and oxygen atoms in total. The van der Waals surface area contributed by atoms with E-state index in [0.29, 0.717) is 5.56 Å². The summed E-state index contributed by atoms with van der Waals surface area (Å²) in [6.45, 7) is 6.02. The van der Waals surface area contributed by atoms with Gasteiger partial charge in [-0.25, -0.2) is 13.1 Å². The molecule has 0 bridgehead atoms. The van der Waals surface area contributed by atoms with E-state index in [1.54, 1.807) is 18.2 Å². The molecular weight excluding hydrogens is 304 g/mol. The van der Waals surface area contributed by atoms with Gasteiger partial charge in [-0.05, 0) is 42.9 Å². The van der Waals surface area contributed by atoms with E-state index in [0.717, 1.165) is 24.8 Å². The van der Waals surface area contributed by atoms with Crippen LogP contribution in [-0.4, -0.2) is 19.4 Å². The Kier molecular flexibility index (Phi) is 4.42. The molecule has 1 atom stereocenters. The molecule has 0 amide bonds. The van der Waals surface area contributed by atoms with Crippen molar-refractivity contribution in [1.82, 2.24) is 4.72 Å². The van der Waals surface area contributed by atoms with Gasteiger partial charge in [0, 0.05) is 11.6 Å². The molecule has 1 aliphatic carbocycles. The number of benzene rings is 1. The van der Waals surface area contributed by atoms with Crippen LogP contribution in [0.5, 0.6) is 0 Å². The average molecular weight is 326 g/mol. The molecule has 1 fully saturated rings. The Labute approximate surface area is 132 Å². The van der Waals surface area contributed by atoms with Crippen LogP contribution in [0.4, 0.5) is 0 Å². The van der Waals surface area contributed by atoms with Gasteiger partial charge < -0.3 is 5.73 Å². The van der Waals surface area contributed by atoms with Crippen molar-refractivity contribution in [2.75, 3.05) is 0 Å². The lowest BCUT2D eigenvalue weighted by atomic mass is 9.88. The molecular formula is C15H22N2O2S2. The molecule has 6 heteroatoms. The Balaban J connectivity index is 2.28. The number of nitrogens with one attached hydrogen (secondary N) is 1. The molecule has 3 N–H and O–H groups in total. The first kappa shape index (κ1) is 16.4. The normalized spacial score (nSPS) is 21.4. The summed E-state index contributed by atoms with van der Waals surface area (Å²) in [5, 5.41) is 0. The monoisotopic (exact) mass is 326 g/mol. The van der Waals surface area contributed by atoms with E-state index in [2.05, 4.69) is 18.6 Å². The number of rotatable bonds is 4. The second-order valence-corrected chi connectivity index (χ2v) is 8.55. The fraction of sp³-hybridized carbons (Fsp3) is 0.533. The van der Waals surface area contributed by atoms with Gasteiger partial charge in [-0.15, -0.1) is 0 Å². The molecule has 116 valence electrons. The van der Waals surface area contributed by atoms with Crippen molar-refractivity contribution in [3.63, 3.8) is 0 Å². The maximum Gasteiger partial charge on any atom is 0.240 e. The van der Waals surface area contributed by atoms with Crippen molar-refractivity contribution >= 4 is 27.2 Å². The lowest BCUT2D eigenvalue weighted by Gasteiger charge is -2.27. The second-order valence-electron chi connectivity index (χ2n) is 6.40. The number of thiocarbonyl (C=S) groups is 1. The van der Waals surface area contributed by atoms with Crippen molar-refractivity contribution in [2.24, 2.45) is 11.1 Å². The summed E-state index contributed by atoms with van der Waals surface area (Å²) in [5.74, 6) is 0. The average Bonchev–Trinajstić information content (AvgIpc) is 2.67. The minimum Gasteiger partial charge on any atom is -0.389 e. The minimum atomic E-state index is -3.51. The van der Waals surface area contributed by atoms with Gasteiger partial charge in [-0.3, -0.25) is 0 Å². The summed E-state index contributed by atoms with van der Waals surface area (Å²) in [4.78, 5) is 0.545. The van der Waals surface area contributed by atoms with Gasteiger partial charge >= 0.3 is 0 Å². The highest BCUT2D eigenvalue weighted by atomic mass is 32.2. The number of aryl methyl sites for hydroxylation is 1. The summed E-state index contributed by atoms with van der Waals surface area (Å²) >= 11 is 4.94. The molecule has 0 aromatic heterocycles. The van der Waals surface area contributed by atoms with Crippen molar-refractivity contribution in [3.05, 3.63) is 29.3 Å². The van der Waals surface area contributed by atoms with Crippen LogP contribution in [-0.2, 0) is 10.0 Å². The van der Waals surface area contributed by atoms with Crippen LogP contribution in [0.1, 0.15) is 44.2 Å².